The van der Waals surface area contributed by atoms with Gasteiger partial charge in [-0.05, 0) is 49.6 Å². The minimum atomic E-state index is -0.941. The Labute approximate surface area is 186 Å². The predicted molar refractivity (Wildman–Crippen MR) is 126 cm³/mol. The summed E-state index contributed by atoms with van der Waals surface area (Å²) in [5.74, 6) is -0.203. The number of ether oxygens (including phenoxy) is 1. The van der Waals surface area contributed by atoms with Gasteiger partial charge in [-0.25, -0.2) is 9.78 Å². The average molecular weight is 428 g/mol. The minimum absolute atomic E-state index is 0.352. The molecule has 6 heteroatoms. The summed E-state index contributed by atoms with van der Waals surface area (Å²) >= 11 is 0. The largest absolute Gasteiger partial charge is 0.449 e. The predicted octanol–water partition coefficient (Wildman–Crippen LogP) is 5.28. The lowest BCUT2D eigenvalue weighted by Gasteiger charge is -2.17. The van der Waals surface area contributed by atoms with Gasteiger partial charge in [0.1, 0.15) is 5.82 Å². The average Bonchev–Trinajstić information content (AvgIpc) is 3.24. The summed E-state index contributed by atoms with van der Waals surface area (Å²) in [7, 11) is 0. The van der Waals surface area contributed by atoms with E-state index in [1.165, 1.54) is 0 Å². The number of rotatable bonds is 6. The molecule has 1 unspecified atom stereocenters. The number of imidazole rings is 1. The van der Waals surface area contributed by atoms with Crippen LogP contribution in [0.5, 0.6) is 0 Å². The minimum Gasteiger partial charge on any atom is -0.449 e. The molecule has 6 nitrogen and oxygen atoms in total. The van der Waals surface area contributed by atoms with Gasteiger partial charge in [0.2, 0.25) is 0 Å². The molecule has 4 rings (SSSR count). The number of aromatic amines is 1. The molecule has 3 aromatic carbocycles. The van der Waals surface area contributed by atoms with Crippen LogP contribution in [0.3, 0.4) is 0 Å². The highest BCUT2D eigenvalue weighted by atomic mass is 16.5. The number of hydrogen-bond acceptors (Lipinski definition) is 4. The molecule has 2 N–H and O–H groups in total. The molecule has 0 radical (unpaired) electrons. The summed E-state index contributed by atoms with van der Waals surface area (Å²) in [5, 5.41) is 2.91. The number of carbonyl (C=O) groups is 2. The van der Waals surface area contributed by atoms with Crippen LogP contribution in [-0.2, 0) is 16.0 Å². The number of anilines is 1. The third-order valence-electron chi connectivity index (χ3n) is 5.41. The van der Waals surface area contributed by atoms with Gasteiger partial charge >= 0.3 is 5.97 Å². The van der Waals surface area contributed by atoms with Crippen LogP contribution in [0.4, 0.5) is 5.69 Å². The van der Waals surface area contributed by atoms with Crippen molar-refractivity contribution in [1.82, 2.24) is 9.97 Å². The fourth-order valence-electron chi connectivity index (χ4n) is 3.58. The summed E-state index contributed by atoms with van der Waals surface area (Å²) < 4.78 is 5.44. The molecule has 0 aliphatic heterocycles. The van der Waals surface area contributed by atoms with Gasteiger partial charge in [-0.3, -0.25) is 4.79 Å². The van der Waals surface area contributed by atoms with Crippen molar-refractivity contribution in [3.8, 4) is 11.4 Å². The van der Waals surface area contributed by atoms with Crippen molar-refractivity contribution in [1.29, 1.82) is 0 Å². The smallest absolute Gasteiger partial charge is 0.338 e. The highest BCUT2D eigenvalue weighted by Gasteiger charge is 2.21. The monoisotopic (exact) mass is 427 g/mol. The Morgan fingerprint density at radius 3 is 2.59 bits per heavy atom. The van der Waals surface area contributed by atoms with Gasteiger partial charge < -0.3 is 15.0 Å². The van der Waals surface area contributed by atoms with Crippen LogP contribution in [-0.4, -0.2) is 27.9 Å². The van der Waals surface area contributed by atoms with Crippen molar-refractivity contribution in [2.24, 2.45) is 0 Å². The van der Waals surface area contributed by atoms with Crippen molar-refractivity contribution in [3.05, 3.63) is 83.4 Å². The lowest BCUT2D eigenvalue weighted by Crippen LogP contribution is -2.30. The molecule has 1 amide bonds. The van der Waals surface area contributed by atoms with Crippen molar-refractivity contribution in [3.63, 3.8) is 0 Å². The van der Waals surface area contributed by atoms with Gasteiger partial charge in [-0.1, -0.05) is 55.5 Å². The quantitative estimate of drug-likeness (QED) is 0.410. The van der Waals surface area contributed by atoms with Gasteiger partial charge in [0.15, 0.2) is 6.10 Å². The number of aromatic nitrogens is 2. The molecule has 0 bridgehead atoms. The molecule has 0 fully saturated rings. The number of benzene rings is 3. The molecule has 0 aliphatic carbocycles. The van der Waals surface area contributed by atoms with Crippen molar-refractivity contribution in [2.45, 2.75) is 33.3 Å². The van der Waals surface area contributed by atoms with Gasteiger partial charge in [-0.2, -0.15) is 0 Å². The highest BCUT2D eigenvalue weighted by molar-refractivity contribution is 5.99. The van der Waals surface area contributed by atoms with Gasteiger partial charge in [0, 0.05) is 11.3 Å². The molecular formula is C26H25N3O3. The molecule has 0 aliphatic rings. The number of para-hydroxylation sites is 1. The molecule has 162 valence electrons. The van der Waals surface area contributed by atoms with E-state index in [-0.39, 0.29) is 5.91 Å². The van der Waals surface area contributed by atoms with Crippen LogP contribution in [0.15, 0.2) is 66.7 Å². The molecule has 4 aromatic rings. The molecule has 0 saturated heterocycles. The van der Waals surface area contributed by atoms with Gasteiger partial charge in [0.05, 0.1) is 16.6 Å². The van der Waals surface area contributed by atoms with E-state index in [0.717, 1.165) is 45.7 Å². The van der Waals surface area contributed by atoms with E-state index in [0.29, 0.717) is 5.56 Å². The van der Waals surface area contributed by atoms with E-state index in [9.17, 15) is 9.59 Å². The highest BCUT2D eigenvalue weighted by Crippen LogP contribution is 2.23. The number of esters is 1. The van der Waals surface area contributed by atoms with Crippen LogP contribution in [0.2, 0.25) is 0 Å². The van der Waals surface area contributed by atoms with E-state index in [2.05, 4.69) is 15.3 Å². The van der Waals surface area contributed by atoms with E-state index in [1.807, 2.05) is 62.4 Å². The maximum Gasteiger partial charge on any atom is 0.338 e. The second-order valence-electron chi connectivity index (χ2n) is 7.68. The standard InChI is InChI=1S/C26H25N3O3/c1-4-18-12-8-9-16(2)23(18)29-25(30)17(3)32-26(31)20-13-14-21-22(15-20)28-24(27-21)19-10-6-5-7-11-19/h5-15,17H,4H2,1-3H3,(H,27,28)(H,29,30). The summed E-state index contributed by atoms with van der Waals surface area (Å²) in [6.45, 7) is 5.54. The third kappa shape index (κ3) is 4.39. The lowest BCUT2D eigenvalue weighted by molar-refractivity contribution is -0.123. The Balaban J connectivity index is 1.48. The molecule has 1 heterocycles. The number of aryl methyl sites for hydroxylation is 2. The summed E-state index contributed by atoms with van der Waals surface area (Å²) in [5.41, 5.74) is 5.56. The fraction of sp³-hybridized carbons (Fsp3) is 0.192. The Bertz CT molecular complexity index is 1280. The van der Waals surface area contributed by atoms with E-state index < -0.39 is 12.1 Å². The molecule has 0 spiro atoms. The third-order valence-corrected chi connectivity index (χ3v) is 5.41. The summed E-state index contributed by atoms with van der Waals surface area (Å²) in [4.78, 5) is 33.2. The Morgan fingerprint density at radius 1 is 1.06 bits per heavy atom. The summed E-state index contributed by atoms with van der Waals surface area (Å²) in [6, 6.07) is 20.7. The zero-order chi connectivity index (χ0) is 22.7. The Morgan fingerprint density at radius 2 is 1.84 bits per heavy atom. The maximum atomic E-state index is 12.7. The number of H-pyrrole nitrogens is 1. The second-order valence-corrected chi connectivity index (χ2v) is 7.68. The molecule has 1 atom stereocenters. The van der Waals surface area contributed by atoms with Crippen molar-refractivity contribution >= 4 is 28.6 Å². The van der Waals surface area contributed by atoms with E-state index in [4.69, 9.17) is 4.74 Å². The first kappa shape index (κ1) is 21.3. The molecular weight excluding hydrogens is 402 g/mol. The summed E-state index contributed by atoms with van der Waals surface area (Å²) in [6.07, 6.45) is -0.148. The number of hydrogen-bond donors (Lipinski definition) is 2. The zero-order valence-corrected chi connectivity index (χ0v) is 18.3. The number of nitrogens with zero attached hydrogens (tertiary/aromatic N) is 1. The Kier molecular flexibility index (Phi) is 6.03. The van der Waals surface area contributed by atoms with Crippen LogP contribution in [0, 0.1) is 6.92 Å². The topological polar surface area (TPSA) is 84.1 Å². The van der Waals surface area contributed by atoms with Crippen LogP contribution < -0.4 is 5.32 Å². The van der Waals surface area contributed by atoms with Gasteiger partial charge in [-0.15, -0.1) is 0 Å². The van der Waals surface area contributed by atoms with Crippen LogP contribution >= 0.6 is 0 Å². The van der Waals surface area contributed by atoms with Crippen LogP contribution in [0.25, 0.3) is 22.4 Å². The molecule has 0 saturated carbocycles. The fourth-order valence-corrected chi connectivity index (χ4v) is 3.58. The Hall–Kier alpha value is -3.93. The molecule has 1 aromatic heterocycles. The molecule has 32 heavy (non-hydrogen) atoms. The first-order valence-electron chi connectivity index (χ1n) is 10.6. The van der Waals surface area contributed by atoms with E-state index in [1.54, 1.807) is 25.1 Å². The number of amides is 1. The zero-order valence-electron chi connectivity index (χ0n) is 18.3. The first-order valence-corrected chi connectivity index (χ1v) is 10.6. The van der Waals surface area contributed by atoms with Crippen molar-refractivity contribution < 1.29 is 14.3 Å². The van der Waals surface area contributed by atoms with E-state index >= 15 is 0 Å². The SMILES string of the molecule is CCc1cccc(C)c1NC(=O)C(C)OC(=O)c1ccc2nc(-c3ccccc3)[nH]c2c1. The number of fused-ring (bicyclic) bond motifs is 1. The lowest BCUT2D eigenvalue weighted by atomic mass is 10.1. The van der Waals surface area contributed by atoms with Gasteiger partial charge in [0.25, 0.3) is 5.91 Å². The van der Waals surface area contributed by atoms with Crippen molar-refractivity contribution in [2.75, 3.05) is 5.32 Å². The maximum absolute atomic E-state index is 12.7. The van der Waals surface area contributed by atoms with Crippen LogP contribution in [0.1, 0.15) is 35.3 Å². The normalized spacial score (nSPS) is 11.8. The number of carbonyl (C=O) groups excluding carboxylic acids is 2. The first-order chi connectivity index (χ1) is 15.5. The number of nitrogens with one attached hydrogen (secondary N) is 2. The second kappa shape index (κ2) is 9.06.